The van der Waals surface area contributed by atoms with E-state index >= 15 is 0 Å². The lowest BCUT2D eigenvalue weighted by Crippen LogP contribution is -2.29. The first-order valence-electron chi connectivity index (χ1n) is 8.32. The topological polar surface area (TPSA) is 50.8 Å². The Morgan fingerprint density at radius 2 is 1.78 bits per heavy atom. The van der Waals surface area contributed by atoms with Crippen molar-refractivity contribution in [1.82, 2.24) is 4.90 Å². The summed E-state index contributed by atoms with van der Waals surface area (Å²) in [6, 6.07) is 13.4. The summed E-state index contributed by atoms with van der Waals surface area (Å²) in [6.45, 7) is 1.96. The minimum atomic E-state index is -2.87. The van der Waals surface area contributed by atoms with Crippen molar-refractivity contribution in [2.45, 2.75) is 13.2 Å². The quantitative estimate of drug-likeness (QED) is 0.639. The van der Waals surface area contributed by atoms with Gasteiger partial charge in [-0.05, 0) is 49.0 Å². The van der Waals surface area contributed by atoms with Gasteiger partial charge < -0.3 is 14.8 Å². The maximum atomic E-state index is 12.1. The van der Waals surface area contributed by atoms with E-state index in [1.807, 2.05) is 36.2 Å². The summed E-state index contributed by atoms with van der Waals surface area (Å²) in [5.41, 5.74) is 1.56. The average molecular weight is 376 g/mol. The Morgan fingerprint density at radius 3 is 2.37 bits per heavy atom. The average Bonchev–Trinajstić information content (AvgIpc) is 2.62. The minimum absolute atomic E-state index is 0.0423. The highest BCUT2D eigenvalue weighted by molar-refractivity contribution is 5.92. The Kier molecular flexibility index (Phi) is 7.76. The van der Waals surface area contributed by atoms with Crippen molar-refractivity contribution >= 4 is 11.6 Å². The molecule has 2 aromatic rings. The van der Waals surface area contributed by atoms with Gasteiger partial charge in [-0.3, -0.25) is 9.69 Å². The van der Waals surface area contributed by atoms with E-state index in [1.54, 1.807) is 6.08 Å². The number of halogens is 2. The molecule has 5 nitrogen and oxygen atoms in total. The number of carbonyl (C=O) groups is 1. The number of anilines is 1. The van der Waals surface area contributed by atoms with E-state index in [4.69, 9.17) is 4.74 Å². The summed E-state index contributed by atoms with van der Waals surface area (Å²) >= 11 is 0. The monoisotopic (exact) mass is 376 g/mol. The van der Waals surface area contributed by atoms with Gasteiger partial charge in [0, 0.05) is 12.2 Å². The summed E-state index contributed by atoms with van der Waals surface area (Å²) in [5, 5.41) is 2.72. The van der Waals surface area contributed by atoms with Crippen LogP contribution in [0.1, 0.15) is 5.56 Å². The molecular weight excluding hydrogens is 354 g/mol. The van der Waals surface area contributed by atoms with Gasteiger partial charge in [0.2, 0.25) is 5.91 Å². The van der Waals surface area contributed by atoms with Crippen LogP contribution in [0.15, 0.2) is 61.2 Å². The number of nitrogens with zero attached hydrogens (tertiary/aromatic N) is 1. The van der Waals surface area contributed by atoms with Gasteiger partial charge in [-0.1, -0.05) is 24.8 Å². The summed E-state index contributed by atoms with van der Waals surface area (Å²) in [6.07, 6.45) is 1.68. The molecule has 1 amide bonds. The lowest BCUT2D eigenvalue weighted by Gasteiger charge is -2.17. The molecule has 0 aliphatic heterocycles. The molecule has 0 aromatic heterocycles. The Labute approximate surface area is 157 Å². The first kappa shape index (κ1) is 20.4. The Morgan fingerprint density at radius 1 is 1.15 bits per heavy atom. The number of alkyl halides is 2. The number of carbonyl (C=O) groups excluding carboxylic acids is 1. The second kappa shape index (κ2) is 10.3. The molecule has 0 radical (unpaired) electrons. The molecule has 0 heterocycles. The number of amides is 1. The molecule has 0 spiro atoms. The van der Waals surface area contributed by atoms with E-state index in [0.29, 0.717) is 18.8 Å². The SMILES string of the molecule is C=CCOc1ccc(CN(C)CC(=O)Nc2ccc(OC(F)F)cc2)cc1. The molecule has 0 aliphatic carbocycles. The molecule has 0 saturated carbocycles. The third kappa shape index (κ3) is 7.45. The van der Waals surface area contributed by atoms with Crippen LogP contribution in [0.4, 0.5) is 14.5 Å². The number of hydrogen-bond acceptors (Lipinski definition) is 4. The maximum absolute atomic E-state index is 12.1. The van der Waals surface area contributed by atoms with Crippen LogP contribution >= 0.6 is 0 Å². The largest absolute Gasteiger partial charge is 0.490 e. The van der Waals surface area contributed by atoms with Crippen molar-refractivity contribution in [2.24, 2.45) is 0 Å². The summed E-state index contributed by atoms with van der Waals surface area (Å²) in [7, 11) is 1.83. The van der Waals surface area contributed by atoms with Crippen LogP contribution in [-0.4, -0.2) is 37.6 Å². The molecule has 7 heteroatoms. The number of rotatable bonds is 10. The summed E-state index contributed by atoms with van der Waals surface area (Å²) in [4.78, 5) is 14.0. The number of likely N-dealkylation sites (N-methyl/N-ethyl adjacent to an activating group) is 1. The van der Waals surface area contributed by atoms with E-state index in [9.17, 15) is 13.6 Å². The molecule has 0 bridgehead atoms. The predicted octanol–water partition coefficient (Wildman–Crippen LogP) is 3.92. The minimum Gasteiger partial charge on any atom is -0.490 e. The lowest BCUT2D eigenvalue weighted by molar-refractivity contribution is -0.117. The summed E-state index contributed by atoms with van der Waals surface area (Å²) in [5.74, 6) is 0.602. The van der Waals surface area contributed by atoms with Crippen LogP contribution in [0, 0.1) is 0 Å². The van der Waals surface area contributed by atoms with Gasteiger partial charge in [0.1, 0.15) is 18.1 Å². The predicted molar refractivity (Wildman–Crippen MR) is 100 cm³/mol. The molecule has 2 aromatic carbocycles. The van der Waals surface area contributed by atoms with Crippen molar-refractivity contribution in [3.05, 3.63) is 66.7 Å². The summed E-state index contributed by atoms with van der Waals surface area (Å²) < 4.78 is 33.9. The zero-order valence-corrected chi connectivity index (χ0v) is 15.0. The van der Waals surface area contributed by atoms with Gasteiger partial charge >= 0.3 is 6.61 Å². The fraction of sp³-hybridized carbons (Fsp3) is 0.250. The second-order valence-corrected chi connectivity index (χ2v) is 5.87. The van der Waals surface area contributed by atoms with Crippen molar-refractivity contribution in [2.75, 3.05) is 25.5 Å². The Bertz CT molecular complexity index is 734. The van der Waals surface area contributed by atoms with Gasteiger partial charge in [0.15, 0.2) is 0 Å². The lowest BCUT2D eigenvalue weighted by atomic mass is 10.2. The van der Waals surface area contributed by atoms with Gasteiger partial charge in [-0.25, -0.2) is 0 Å². The number of hydrogen-bond donors (Lipinski definition) is 1. The fourth-order valence-corrected chi connectivity index (χ4v) is 2.38. The second-order valence-electron chi connectivity index (χ2n) is 5.87. The zero-order chi connectivity index (χ0) is 19.6. The highest BCUT2D eigenvalue weighted by Gasteiger charge is 2.09. The normalized spacial score (nSPS) is 10.7. The smallest absolute Gasteiger partial charge is 0.387 e. The van der Waals surface area contributed by atoms with Crippen molar-refractivity contribution in [3.8, 4) is 11.5 Å². The van der Waals surface area contributed by atoms with E-state index in [1.165, 1.54) is 24.3 Å². The number of benzene rings is 2. The van der Waals surface area contributed by atoms with Crippen LogP contribution in [0.3, 0.4) is 0 Å². The van der Waals surface area contributed by atoms with Crippen LogP contribution in [0.5, 0.6) is 11.5 Å². The highest BCUT2D eigenvalue weighted by Crippen LogP contribution is 2.18. The van der Waals surface area contributed by atoms with Gasteiger partial charge in [0.05, 0.1) is 6.54 Å². The van der Waals surface area contributed by atoms with Crippen LogP contribution < -0.4 is 14.8 Å². The first-order valence-corrected chi connectivity index (χ1v) is 8.32. The van der Waals surface area contributed by atoms with E-state index < -0.39 is 6.61 Å². The molecule has 0 aliphatic rings. The van der Waals surface area contributed by atoms with Crippen LogP contribution in [-0.2, 0) is 11.3 Å². The number of ether oxygens (including phenoxy) is 2. The standard InChI is InChI=1S/C20H22F2N2O3/c1-3-12-26-17-8-4-15(5-9-17)13-24(2)14-19(25)23-16-6-10-18(11-7-16)27-20(21)22/h3-11,20H,1,12-14H2,2H3,(H,23,25). The molecule has 144 valence electrons. The molecule has 27 heavy (non-hydrogen) atoms. The zero-order valence-electron chi connectivity index (χ0n) is 15.0. The van der Waals surface area contributed by atoms with Crippen molar-refractivity contribution < 1.29 is 23.0 Å². The molecule has 0 fully saturated rings. The Hall–Kier alpha value is -2.93. The van der Waals surface area contributed by atoms with Crippen molar-refractivity contribution in [3.63, 3.8) is 0 Å². The van der Waals surface area contributed by atoms with E-state index in [2.05, 4.69) is 16.6 Å². The molecule has 2 rings (SSSR count). The van der Waals surface area contributed by atoms with Crippen molar-refractivity contribution in [1.29, 1.82) is 0 Å². The molecule has 0 atom stereocenters. The van der Waals surface area contributed by atoms with Gasteiger partial charge in [-0.15, -0.1) is 0 Å². The van der Waals surface area contributed by atoms with E-state index in [0.717, 1.165) is 11.3 Å². The van der Waals surface area contributed by atoms with Gasteiger partial charge in [0.25, 0.3) is 0 Å². The van der Waals surface area contributed by atoms with Crippen LogP contribution in [0.2, 0.25) is 0 Å². The first-order chi connectivity index (χ1) is 13.0. The van der Waals surface area contributed by atoms with Crippen LogP contribution in [0.25, 0.3) is 0 Å². The highest BCUT2D eigenvalue weighted by atomic mass is 19.3. The van der Waals surface area contributed by atoms with Gasteiger partial charge in [-0.2, -0.15) is 8.78 Å². The third-order valence-corrected chi connectivity index (χ3v) is 3.52. The maximum Gasteiger partial charge on any atom is 0.387 e. The van der Waals surface area contributed by atoms with E-state index in [-0.39, 0.29) is 18.2 Å². The molecule has 1 N–H and O–H groups in total. The fourth-order valence-electron chi connectivity index (χ4n) is 2.38. The molecular formula is C20H22F2N2O3. The Balaban J connectivity index is 1.80. The molecule has 0 unspecified atom stereocenters. The molecule has 0 saturated heterocycles. The third-order valence-electron chi connectivity index (χ3n) is 3.52. The number of nitrogens with one attached hydrogen (secondary N) is 1.